The number of hydrogen-bond acceptors (Lipinski definition) is 5. The smallest absolute Gasteiger partial charge is 0.246 e. The van der Waals surface area contributed by atoms with Crippen LogP contribution in [-0.4, -0.2) is 56.9 Å². The summed E-state index contributed by atoms with van der Waals surface area (Å²) >= 11 is 0. The average molecular weight is 292 g/mol. The Hall–Kier alpha value is -1.92. The molecule has 1 aromatic rings. The van der Waals surface area contributed by atoms with Crippen molar-refractivity contribution < 1.29 is 14.1 Å². The number of rotatable bonds is 4. The molecule has 2 fully saturated rings. The minimum absolute atomic E-state index is 0.0737. The lowest BCUT2D eigenvalue weighted by Crippen LogP contribution is -2.65. The van der Waals surface area contributed by atoms with Crippen LogP contribution in [0.25, 0.3) is 0 Å². The molecule has 0 bridgehead atoms. The minimum atomic E-state index is -0.348. The monoisotopic (exact) mass is 292 g/mol. The molecule has 21 heavy (non-hydrogen) atoms. The van der Waals surface area contributed by atoms with E-state index in [1.165, 1.54) is 6.39 Å². The van der Waals surface area contributed by atoms with E-state index in [1.807, 2.05) is 6.92 Å². The van der Waals surface area contributed by atoms with E-state index in [2.05, 4.69) is 10.1 Å². The maximum absolute atomic E-state index is 12.7. The highest BCUT2D eigenvalue weighted by Crippen LogP contribution is 2.27. The Morgan fingerprint density at radius 1 is 1.33 bits per heavy atom. The molecule has 0 saturated carbocycles. The molecule has 2 aliphatic heterocycles. The summed E-state index contributed by atoms with van der Waals surface area (Å²) in [5.74, 6) is 0.732. The minimum Gasteiger partial charge on any atom is -0.343 e. The molecule has 114 valence electrons. The van der Waals surface area contributed by atoms with Gasteiger partial charge >= 0.3 is 0 Å². The molecule has 1 aromatic heterocycles. The quantitative estimate of drug-likeness (QED) is 0.812. The molecule has 7 heteroatoms. The summed E-state index contributed by atoms with van der Waals surface area (Å²) < 4.78 is 4.70. The third-order valence-electron chi connectivity index (χ3n) is 4.39. The van der Waals surface area contributed by atoms with Crippen LogP contribution in [-0.2, 0) is 16.0 Å². The Balaban J connectivity index is 1.76. The van der Waals surface area contributed by atoms with Gasteiger partial charge in [0.05, 0.1) is 0 Å². The fourth-order valence-corrected chi connectivity index (χ4v) is 3.31. The lowest BCUT2D eigenvalue weighted by Gasteiger charge is -2.46. The van der Waals surface area contributed by atoms with Crippen molar-refractivity contribution >= 4 is 11.8 Å². The van der Waals surface area contributed by atoms with Gasteiger partial charge in [-0.2, -0.15) is 4.98 Å². The van der Waals surface area contributed by atoms with Crippen molar-refractivity contribution in [3.63, 3.8) is 0 Å². The molecule has 2 atom stereocenters. The predicted molar refractivity (Wildman–Crippen MR) is 73.1 cm³/mol. The van der Waals surface area contributed by atoms with Crippen molar-refractivity contribution in [3.05, 3.63) is 12.2 Å². The molecule has 2 aliphatic rings. The van der Waals surface area contributed by atoms with Crippen molar-refractivity contribution in [3.8, 4) is 0 Å². The van der Waals surface area contributed by atoms with E-state index in [0.29, 0.717) is 31.8 Å². The van der Waals surface area contributed by atoms with Crippen molar-refractivity contribution in [2.45, 2.75) is 51.1 Å². The van der Waals surface area contributed by atoms with Gasteiger partial charge in [0.25, 0.3) is 0 Å². The van der Waals surface area contributed by atoms with E-state index in [9.17, 15) is 9.59 Å². The normalized spacial score (nSPS) is 26.1. The largest absolute Gasteiger partial charge is 0.343 e. The fourth-order valence-electron chi connectivity index (χ4n) is 3.31. The van der Waals surface area contributed by atoms with Gasteiger partial charge in [-0.25, -0.2) is 0 Å². The fraction of sp³-hybridized carbons (Fsp3) is 0.714. The van der Waals surface area contributed by atoms with Gasteiger partial charge < -0.3 is 14.3 Å². The van der Waals surface area contributed by atoms with Gasteiger partial charge in [-0.05, 0) is 25.7 Å². The second-order valence-corrected chi connectivity index (χ2v) is 5.60. The lowest BCUT2D eigenvalue weighted by atomic mass is 9.94. The maximum atomic E-state index is 12.7. The van der Waals surface area contributed by atoms with Crippen LogP contribution in [0, 0.1) is 0 Å². The van der Waals surface area contributed by atoms with E-state index < -0.39 is 0 Å². The topological polar surface area (TPSA) is 79.5 Å². The van der Waals surface area contributed by atoms with Crippen LogP contribution in [0.1, 0.15) is 38.4 Å². The van der Waals surface area contributed by atoms with Crippen LogP contribution in [0.2, 0.25) is 0 Å². The molecule has 7 nitrogen and oxygen atoms in total. The zero-order valence-corrected chi connectivity index (χ0v) is 12.2. The van der Waals surface area contributed by atoms with Gasteiger partial charge in [-0.1, -0.05) is 12.1 Å². The number of carbonyl (C=O) groups is 2. The third-order valence-corrected chi connectivity index (χ3v) is 4.39. The zero-order valence-electron chi connectivity index (χ0n) is 12.2. The summed E-state index contributed by atoms with van der Waals surface area (Å²) in [7, 11) is 0. The molecule has 3 heterocycles. The Kier molecular flexibility index (Phi) is 3.90. The van der Waals surface area contributed by atoms with E-state index in [4.69, 9.17) is 4.52 Å². The Morgan fingerprint density at radius 3 is 2.90 bits per heavy atom. The first-order chi connectivity index (χ1) is 10.2. The van der Waals surface area contributed by atoms with Gasteiger partial charge in [-0.3, -0.25) is 9.59 Å². The van der Waals surface area contributed by atoms with Crippen LogP contribution in [0.5, 0.6) is 0 Å². The Labute approximate surface area is 123 Å². The van der Waals surface area contributed by atoms with Crippen molar-refractivity contribution in [2.75, 3.05) is 13.1 Å². The predicted octanol–water partition coefficient (Wildman–Crippen LogP) is 0.614. The first kappa shape index (κ1) is 14.0. The molecule has 2 unspecified atom stereocenters. The number of amides is 2. The number of piperazine rings is 1. The van der Waals surface area contributed by atoms with Crippen LogP contribution >= 0.6 is 0 Å². The summed E-state index contributed by atoms with van der Waals surface area (Å²) in [6.07, 6.45) is 5.21. The number of nitrogens with zero attached hydrogens (tertiary/aromatic N) is 4. The number of hydrogen-bond donors (Lipinski definition) is 0. The second kappa shape index (κ2) is 5.83. The summed E-state index contributed by atoms with van der Waals surface area (Å²) in [6.45, 7) is 3.12. The molecule has 2 amide bonds. The van der Waals surface area contributed by atoms with Crippen LogP contribution in [0.3, 0.4) is 0 Å². The number of piperidine rings is 1. The highest BCUT2D eigenvalue weighted by atomic mass is 16.5. The van der Waals surface area contributed by atoms with Gasteiger partial charge in [0, 0.05) is 19.5 Å². The zero-order chi connectivity index (χ0) is 14.8. The average Bonchev–Trinajstić information content (AvgIpc) is 3.03. The highest BCUT2D eigenvalue weighted by molar-refractivity contribution is 5.97. The molecule has 2 saturated heterocycles. The van der Waals surface area contributed by atoms with Crippen LogP contribution in [0.15, 0.2) is 10.9 Å². The molecule has 0 spiro atoms. The van der Waals surface area contributed by atoms with Gasteiger partial charge in [0.2, 0.25) is 18.2 Å². The SMILES string of the molecule is CCC1C(=O)N2CCCCC2C(=O)N1CCc1ncon1. The molecule has 3 rings (SSSR count). The summed E-state index contributed by atoms with van der Waals surface area (Å²) in [6, 6.07) is -0.613. The van der Waals surface area contributed by atoms with E-state index in [-0.39, 0.29) is 23.9 Å². The van der Waals surface area contributed by atoms with Crippen molar-refractivity contribution in [1.29, 1.82) is 0 Å². The molecule has 0 aromatic carbocycles. The van der Waals surface area contributed by atoms with E-state index in [1.54, 1.807) is 9.80 Å². The van der Waals surface area contributed by atoms with E-state index >= 15 is 0 Å². The van der Waals surface area contributed by atoms with Crippen molar-refractivity contribution in [2.24, 2.45) is 0 Å². The van der Waals surface area contributed by atoms with Crippen molar-refractivity contribution in [1.82, 2.24) is 19.9 Å². The standard InChI is InChI=1S/C14H20N4O3/c1-2-10-13(19)17-7-4-3-5-11(17)14(20)18(10)8-6-12-15-9-21-16-12/h9-11H,2-8H2,1H3. The number of carbonyl (C=O) groups excluding carboxylic acids is 2. The summed E-state index contributed by atoms with van der Waals surface area (Å²) in [4.78, 5) is 32.8. The van der Waals surface area contributed by atoms with Crippen LogP contribution in [0.4, 0.5) is 0 Å². The molecular weight excluding hydrogens is 272 g/mol. The molecular formula is C14H20N4O3. The molecule has 0 aliphatic carbocycles. The van der Waals surface area contributed by atoms with Crippen LogP contribution < -0.4 is 0 Å². The third kappa shape index (κ3) is 2.52. The second-order valence-electron chi connectivity index (χ2n) is 5.60. The number of fused-ring (bicyclic) bond motifs is 1. The van der Waals surface area contributed by atoms with Gasteiger partial charge in [-0.15, -0.1) is 0 Å². The molecule has 0 radical (unpaired) electrons. The Bertz CT molecular complexity index is 516. The van der Waals surface area contributed by atoms with Gasteiger partial charge in [0.1, 0.15) is 12.1 Å². The summed E-state index contributed by atoms with van der Waals surface area (Å²) in [5, 5.41) is 3.76. The molecule has 0 N–H and O–H groups in total. The highest BCUT2D eigenvalue weighted by Gasteiger charge is 2.45. The first-order valence-corrected chi connectivity index (χ1v) is 7.58. The number of aromatic nitrogens is 2. The summed E-state index contributed by atoms with van der Waals surface area (Å²) in [5.41, 5.74) is 0. The van der Waals surface area contributed by atoms with Gasteiger partial charge in [0.15, 0.2) is 5.82 Å². The lowest BCUT2D eigenvalue weighted by molar-refractivity contribution is -0.163. The maximum Gasteiger partial charge on any atom is 0.246 e. The first-order valence-electron chi connectivity index (χ1n) is 7.58. The Morgan fingerprint density at radius 2 is 2.19 bits per heavy atom. The van der Waals surface area contributed by atoms with E-state index in [0.717, 1.165) is 19.3 Å².